The zero-order chi connectivity index (χ0) is 16.8. The van der Waals surface area contributed by atoms with Crippen LogP contribution in [0.1, 0.15) is 38.8 Å². The van der Waals surface area contributed by atoms with Crippen molar-refractivity contribution in [1.29, 1.82) is 0 Å². The number of carbonyl (C=O) groups is 2. The van der Waals surface area contributed by atoms with Crippen molar-refractivity contribution in [3.05, 3.63) is 26.6 Å². The summed E-state index contributed by atoms with van der Waals surface area (Å²) >= 11 is 1.13. The Hall–Kier alpha value is -2.16. The van der Waals surface area contributed by atoms with Gasteiger partial charge in [0.2, 0.25) is 5.16 Å². The van der Waals surface area contributed by atoms with Crippen molar-refractivity contribution in [1.82, 2.24) is 14.9 Å². The topological polar surface area (TPSA) is 117 Å². The third kappa shape index (κ3) is 3.00. The monoisotopic (exact) mass is 335 g/mol. The molecule has 0 amide bonds. The lowest BCUT2D eigenvalue weighted by molar-refractivity contribution is -0.305. The third-order valence-corrected chi connectivity index (χ3v) is 4.85. The maximum atomic E-state index is 12.4. The van der Waals surface area contributed by atoms with E-state index in [1.807, 2.05) is 13.8 Å². The number of carboxylic acid groups (broad SMARTS) is 1. The number of aliphatic carboxylic acids is 1. The van der Waals surface area contributed by atoms with Crippen LogP contribution in [0.3, 0.4) is 0 Å². The van der Waals surface area contributed by atoms with Gasteiger partial charge in [-0.3, -0.25) is 15.0 Å². The number of nitrogens with zero attached hydrogens (tertiary/aromatic N) is 3. The van der Waals surface area contributed by atoms with E-state index in [1.165, 1.54) is 4.68 Å². The quantitative estimate of drug-likeness (QED) is 0.791. The predicted octanol–water partition coefficient (Wildman–Crippen LogP) is -0.429. The van der Waals surface area contributed by atoms with E-state index in [0.717, 1.165) is 11.8 Å². The van der Waals surface area contributed by atoms with Crippen molar-refractivity contribution >= 4 is 23.5 Å². The molecule has 1 aliphatic carbocycles. The Labute approximate surface area is 136 Å². The summed E-state index contributed by atoms with van der Waals surface area (Å²) in [4.78, 5) is 35.8. The number of allylic oxidation sites excluding steroid dienone is 2. The summed E-state index contributed by atoms with van der Waals surface area (Å²) in [5.41, 5.74) is 3.08. The van der Waals surface area contributed by atoms with Crippen molar-refractivity contribution in [2.75, 3.05) is 5.43 Å². The molecule has 1 aromatic rings. The number of fused-ring (bicyclic) bond motifs is 1. The molecule has 0 saturated heterocycles. The summed E-state index contributed by atoms with van der Waals surface area (Å²) in [5, 5.41) is 18.5. The highest BCUT2D eigenvalue weighted by Crippen LogP contribution is 2.43. The van der Waals surface area contributed by atoms with Gasteiger partial charge in [-0.2, -0.15) is 4.68 Å². The molecule has 1 aromatic heterocycles. The summed E-state index contributed by atoms with van der Waals surface area (Å²) in [6.45, 7) is 3.99. The first-order chi connectivity index (χ1) is 10.8. The van der Waals surface area contributed by atoms with Crippen LogP contribution in [-0.2, 0) is 16.0 Å². The summed E-state index contributed by atoms with van der Waals surface area (Å²) in [6.07, 6.45) is 0.749. The molecule has 0 fully saturated rings. The minimum Gasteiger partial charge on any atom is -0.550 e. The first-order valence-electron chi connectivity index (χ1n) is 7.16. The predicted molar refractivity (Wildman–Crippen MR) is 79.9 cm³/mol. The second kappa shape index (κ2) is 5.48. The average molecular weight is 335 g/mol. The van der Waals surface area contributed by atoms with Crippen LogP contribution in [0.5, 0.6) is 0 Å². The normalized spacial score (nSPS) is 19.0. The number of carbonyl (C=O) groups excluding carboxylic acids is 2. The Morgan fingerprint density at radius 1 is 1.35 bits per heavy atom. The van der Waals surface area contributed by atoms with Gasteiger partial charge in [-0.25, -0.2) is 0 Å². The number of Topliss-reactive ketones (excluding diaryl/α,β-unsaturated/α-hetero) is 1. The van der Waals surface area contributed by atoms with E-state index in [-0.39, 0.29) is 34.9 Å². The molecule has 2 heterocycles. The van der Waals surface area contributed by atoms with Gasteiger partial charge in [-0.15, -0.1) is 10.2 Å². The highest BCUT2D eigenvalue weighted by Gasteiger charge is 2.37. The number of hydrogen-bond donors (Lipinski definition) is 1. The van der Waals surface area contributed by atoms with E-state index in [0.29, 0.717) is 23.4 Å². The lowest BCUT2D eigenvalue weighted by Crippen LogP contribution is -2.40. The van der Waals surface area contributed by atoms with Crippen molar-refractivity contribution in [2.45, 2.75) is 44.7 Å². The zero-order valence-electron chi connectivity index (χ0n) is 12.7. The van der Waals surface area contributed by atoms with Crippen molar-refractivity contribution in [2.24, 2.45) is 5.41 Å². The number of ketones is 1. The van der Waals surface area contributed by atoms with Gasteiger partial charge in [0.15, 0.2) is 5.78 Å². The second-order valence-corrected chi connectivity index (χ2v) is 7.38. The molecule has 1 N–H and O–H groups in total. The number of aromatic nitrogens is 3. The first kappa shape index (κ1) is 15.7. The minimum atomic E-state index is -1.25. The summed E-state index contributed by atoms with van der Waals surface area (Å²) in [7, 11) is 0. The molecule has 2 aliphatic rings. The van der Waals surface area contributed by atoms with Crippen molar-refractivity contribution in [3.63, 3.8) is 0 Å². The van der Waals surface area contributed by atoms with Crippen LogP contribution < -0.4 is 16.1 Å². The number of hydrogen-bond acceptors (Lipinski definition) is 8. The molecule has 9 heteroatoms. The Bertz CT molecular complexity index is 796. The number of aryl methyl sites for hydroxylation is 1. The molecule has 0 aromatic carbocycles. The van der Waals surface area contributed by atoms with Gasteiger partial charge in [-0.05, 0) is 30.0 Å². The fourth-order valence-electron chi connectivity index (χ4n) is 2.69. The molecule has 23 heavy (non-hydrogen) atoms. The van der Waals surface area contributed by atoms with Gasteiger partial charge < -0.3 is 9.90 Å². The van der Waals surface area contributed by atoms with Crippen molar-refractivity contribution < 1.29 is 14.7 Å². The fourth-order valence-corrected chi connectivity index (χ4v) is 3.60. The van der Waals surface area contributed by atoms with Gasteiger partial charge in [0.25, 0.3) is 5.56 Å². The average Bonchev–Trinajstić information content (AvgIpc) is 2.44. The van der Waals surface area contributed by atoms with Gasteiger partial charge in [-0.1, -0.05) is 13.8 Å². The maximum absolute atomic E-state index is 12.4. The third-order valence-electron chi connectivity index (χ3n) is 3.73. The van der Waals surface area contributed by atoms with E-state index in [2.05, 4.69) is 15.6 Å². The Morgan fingerprint density at radius 3 is 2.78 bits per heavy atom. The van der Waals surface area contributed by atoms with Crippen LogP contribution in [0.4, 0.5) is 0 Å². The van der Waals surface area contributed by atoms with E-state index in [9.17, 15) is 19.5 Å². The maximum Gasteiger partial charge on any atom is 0.295 e. The molecule has 0 radical (unpaired) electrons. The minimum absolute atomic E-state index is 0.0234. The Balaban J connectivity index is 1.94. The molecule has 8 nitrogen and oxygen atoms in total. The molecule has 0 spiro atoms. The van der Waals surface area contributed by atoms with Crippen LogP contribution in [0.25, 0.3) is 0 Å². The first-order valence-corrected chi connectivity index (χ1v) is 7.98. The van der Waals surface area contributed by atoms with Crippen LogP contribution in [0.15, 0.2) is 20.6 Å². The van der Waals surface area contributed by atoms with E-state index < -0.39 is 11.5 Å². The highest BCUT2D eigenvalue weighted by molar-refractivity contribution is 8.04. The molecule has 0 bridgehead atoms. The molecule has 1 aliphatic heterocycles. The summed E-state index contributed by atoms with van der Waals surface area (Å²) in [6, 6.07) is 0. The molecule has 0 unspecified atom stereocenters. The van der Waals surface area contributed by atoms with Crippen LogP contribution >= 0.6 is 11.8 Å². The summed E-state index contributed by atoms with van der Waals surface area (Å²) < 4.78 is 1.23. The van der Waals surface area contributed by atoms with Crippen LogP contribution in [-0.4, -0.2) is 26.6 Å². The van der Waals surface area contributed by atoms with Crippen LogP contribution in [0, 0.1) is 5.41 Å². The van der Waals surface area contributed by atoms with Crippen molar-refractivity contribution in [3.8, 4) is 0 Å². The number of thioether (sulfide) groups is 1. The smallest absolute Gasteiger partial charge is 0.295 e. The molecular formula is C14H15N4O4S-. The highest BCUT2D eigenvalue weighted by atomic mass is 32.2. The van der Waals surface area contributed by atoms with E-state index in [4.69, 9.17) is 0 Å². The standard InChI is InChI=1S/C14H16N4O4S/c1-14(2)5-8-11(9(19)6-14)23-13-16-15-7(3-4-10(20)21)12(22)18(13)17-8/h17H,3-6H2,1-2H3,(H,20,21)/p-1. The van der Waals surface area contributed by atoms with Gasteiger partial charge in [0.1, 0.15) is 5.69 Å². The van der Waals surface area contributed by atoms with Gasteiger partial charge in [0, 0.05) is 18.8 Å². The Kier molecular flexibility index (Phi) is 3.75. The number of nitrogens with one attached hydrogen (secondary N) is 1. The van der Waals surface area contributed by atoms with Gasteiger partial charge in [0.05, 0.1) is 10.6 Å². The van der Waals surface area contributed by atoms with E-state index in [1.54, 1.807) is 0 Å². The number of carboxylic acids is 1. The zero-order valence-corrected chi connectivity index (χ0v) is 13.5. The molecule has 122 valence electrons. The van der Waals surface area contributed by atoms with Crippen LogP contribution in [0.2, 0.25) is 0 Å². The molecule has 3 rings (SSSR count). The number of rotatable bonds is 3. The molecule has 0 saturated carbocycles. The second-order valence-electron chi connectivity index (χ2n) is 6.40. The van der Waals surface area contributed by atoms with Gasteiger partial charge >= 0.3 is 0 Å². The fraction of sp³-hybridized carbons (Fsp3) is 0.500. The Morgan fingerprint density at radius 2 is 2.09 bits per heavy atom. The largest absolute Gasteiger partial charge is 0.550 e. The SMILES string of the molecule is CC1(C)CC(=O)C2=C(C1)Nn1c(nnc(CCC(=O)[O-])c1=O)S2. The van der Waals surface area contributed by atoms with E-state index >= 15 is 0 Å². The lowest BCUT2D eigenvalue weighted by atomic mass is 9.79. The molecular weight excluding hydrogens is 320 g/mol. The summed E-state index contributed by atoms with van der Waals surface area (Å²) in [5.74, 6) is -1.23. The molecule has 0 atom stereocenters. The lowest BCUT2D eigenvalue weighted by Gasteiger charge is -2.34.